The summed E-state index contributed by atoms with van der Waals surface area (Å²) in [4.78, 5) is 10.4. The van der Waals surface area contributed by atoms with E-state index in [0.717, 1.165) is 19.4 Å². The van der Waals surface area contributed by atoms with Gasteiger partial charge in [-0.05, 0) is 19.4 Å². The first kappa shape index (κ1) is 24.4. The second-order valence-electron chi connectivity index (χ2n) is 7.65. The highest BCUT2D eigenvalue weighted by molar-refractivity contribution is 5.66. The molecule has 0 fully saturated rings. The van der Waals surface area contributed by atoms with Gasteiger partial charge in [0.2, 0.25) is 0 Å². The first-order valence-corrected chi connectivity index (χ1v) is 11.2. The normalized spacial score (nSPS) is 11.1. The lowest BCUT2D eigenvalue weighted by molar-refractivity contribution is -0.137. The van der Waals surface area contributed by atoms with E-state index in [9.17, 15) is 4.79 Å². The molecule has 3 N–H and O–H groups in total. The van der Waals surface area contributed by atoms with Crippen LogP contribution in [0.25, 0.3) is 0 Å². The summed E-state index contributed by atoms with van der Waals surface area (Å²) in [6.45, 7) is 0.856. The molecule has 0 heterocycles. The fourth-order valence-corrected chi connectivity index (χ4v) is 3.43. The van der Waals surface area contributed by atoms with Crippen molar-refractivity contribution >= 4 is 5.97 Å². The van der Waals surface area contributed by atoms with Crippen molar-refractivity contribution in [3.63, 3.8) is 0 Å². The van der Waals surface area contributed by atoms with Crippen LogP contribution in [0.15, 0.2) is 0 Å². The SMILES string of the molecule is NCCCCCCCCCCCCCCCCCCCCCC(=O)O. The van der Waals surface area contributed by atoms with Gasteiger partial charge in [-0.25, -0.2) is 0 Å². The molecule has 0 spiro atoms. The topological polar surface area (TPSA) is 63.3 Å². The van der Waals surface area contributed by atoms with E-state index in [1.807, 2.05) is 0 Å². The fourth-order valence-electron chi connectivity index (χ4n) is 3.43. The summed E-state index contributed by atoms with van der Waals surface area (Å²) in [6.07, 6.45) is 25.5. The van der Waals surface area contributed by atoms with Crippen LogP contribution in [0.5, 0.6) is 0 Å². The summed E-state index contributed by atoms with van der Waals surface area (Å²) in [5.74, 6) is -0.654. The average molecular weight is 356 g/mol. The van der Waals surface area contributed by atoms with Gasteiger partial charge in [-0.1, -0.05) is 109 Å². The number of aliphatic carboxylic acids is 1. The molecule has 0 aromatic carbocycles. The van der Waals surface area contributed by atoms with Gasteiger partial charge in [-0.2, -0.15) is 0 Å². The second-order valence-corrected chi connectivity index (χ2v) is 7.65. The summed E-state index contributed by atoms with van der Waals surface area (Å²) in [5.41, 5.74) is 5.50. The molecule has 0 atom stereocenters. The van der Waals surface area contributed by atoms with Crippen molar-refractivity contribution in [1.82, 2.24) is 0 Å². The Morgan fingerprint density at radius 1 is 0.480 bits per heavy atom. The van der Waals surface area contributed by atoms with Crippen LogP contribution >= 0.6 is 0 Å². The molecule has 150 valence electrons. The summed E-state index contributed by atoms with van der Waals surface area (Å²) < 4.78 is 0. The highest BCUT2D eigenvalue weighted by atomic mass is 16.4. The van der Waals surface area contributed by atoms with E-state index in [4.69, 9.17) is 10.8 Å². The smallest absolute Gasteiger partial charge is 0.303 e. The zero-order valence-corrected chi connectivity index (χ0v) is 16.8. The molecule has 0 aliphatic rings. The molecule has 0 unspecified atom stereocenters. The Labute approximate surface area is 157 Å². The molecule has 0 saturated heterocycles. The largest absolute Gasteiger partial charge is 0.481 e. The predicted molar refractivity (Wildman–Crippen MR) is 109 cm³/mol. The summed E-state index contributed by atoms with van der Waals surface area (Å²) in [7, 11) is 0. The van der Waals surface area contributed by atoms with E-state index in [0.29, 0.717) is 6.42 Å². The zero-order chi connectivity index (χ0) is 18.4. The third-order valence-corrected chi connectivity index (χ3v) is 5.09. The second kappa shape index (κ2) is 21.5. The molecule has 0 saturated carbocycles. The van der Waals surface area contributed by atoms with Crippen LogP contribution < -0.4 is 5.73 Å². The van der Waals surface area contributed by atoms with Crippen LogP contribution in [0, 0.1) is 0 Å². The zero-order valence-electron chi connectivity index (χ0n) is 16.8. The monoisotopic (exact) mass is 355 g/mol. The number of unbranched alkanes of at least 4 members (excludes halogenated alkanes) is 18. The molecular formula is C22H45NO2. The van der Waals surface area contributed by atoms with Gasteiger partial charge in [0, 0.05) is 6.42 Å². The third-order valence-electron chi connectivity index (χ3n) is 5.09. The Balaban J connectivity index is 2.97. The average Bonchev–Trinajstić information content (AvgIpc) is 2.60. The van der Waals surface area contributed by atoms with Crippen molar-refractivity contribution < 1.29 is 9.90 Å². The minimum absolute atomic E-state index is 0.342. The molecule has 3 heteroatoms. The van der Waals surface area contributed by atoms with E-state index in [1.165, 1.54) is 109 Å². The van der Waals surface area contributed by atoms with Crippen molar-refractivity contribution in [2.45, 2.75) is 128 Å². The first-order chi connectivity index (χ1) is 12.3. The minimum atomic E-state index is -0.654. The van der Waals surface area contributed by atoms with Crippen LogP contribution in [0.2, 0.25) is 0 Å². The maximum atomic E-state index is 10.4. The molecule has 0 bridgehead atoms. The Kier molecular flexibility index (Phi) is 21.0. The Hall–Kier alpha value is -0.570. The van der Waals surface area contributed by atoms with Crippen molar-refractivity contribution in [2.75, 3.05) is 6.54 Å². The molecule has 3 nitrogen and oxygen atoms in total. The van der Waals surface area contributed by atoms with E-state index in [1.54, 1.807) is 0 Å². The standard InChI is InChI=1S/C22H45NO2/c23-21-19-17-15-13-11-9-7-5-3-1-2-4-6-8-10-12-14-16-18-20-22(24)25/h1-21,23H2,(H,24,25). The number of hydrogen-bond donors (Lipinski definition) is 2. The van der Waals surface area contributed by atoms with Gasteiger partial charge in [0.25, 0.3) is 0 Å². The summed E-state index contributed by atoms with van der Waals surface area (Å²) in [5, 5.41) is 8.56. The lowest BCUT2D eigenvalue weighted by Crippen LogP contribution is -1.97. The lowest BCUT2D eigenvalue weighted by Gasteiger charge is -2.04. The Morgan fingerprint density at radius 2 is 0.720 bits per heavy atom. The number of hydrogen-bond acceptors (Lipinski definition) is 2. The van der Waals surface area contributed by atoms with Crippen LogP contribution in [0.1, 0.15) is 128 Å². The summed E-state index contributed by atoms with van der Waals surface area (Å²) in [6, 6.07) is 0. The number of nitrogens with two attached hydrogens (primary N) is 1. The van der Waals surface area contributed by atoms with Crippen LogP contribution in [0.3, 0.4) is 0 Å². The van der Waals surface area contributed by atoms with Crippen molar-refractivity contribution in [3.8, 4) is 0 Å². The molecule has 0 aliphatic heterocycles. The van der Waals surface area contributed by atoms with Gasteiger partial charge in [0.05, 0.1) is 0 Å². The van der Waals surface area contributed by atoms with Gasteiger partial charge in [-0.3, -0.25) is 4.79 Å². The van der Waals surface area contributed by atoms with Crippen molar-refractivity contribution in [3.05, 3.63) is 0 Å². The van der Waals surface area contributed by atoms with Crippen LogP contribution in [-0.2, 0) is 4.79 Å². The van der Waals surface area contributed by atoms with Crippen molar-refractivity contribution in [1.29, 1.82) is 0 Å². The number of carboxylic acids is 1. The first-order valence-electron chi connectivity index (χ1n) is 11.2. The van der Waals surface area contributed by atoms with Gasteiger partial charge in [0.1, 0.15) is 0 Å². The predicted octanol–water partition coefficient (Wildman–Crippen LogP) is 6.83. The van der Waals surface area contributed by atoms with Gasteiger partial charge < -0.3 is 10.8 Å². The quantitative estimate of drug-likeness (QED) is 0.222. The van der Waals surface area contributed by atoms with Crippen LogP contribution in [0.4, 0.5) is 0 Å². The van der Waals surface area contributed by atoms with Gasteiger partial charge in [0.15, 0.2) is 0 Å². The van der Waals surface area contributed by atoms with E-state index >= 15 is 0 Å². The minimum Gasteiger partial charge on any atom is -0.481 e. The molecule has 0 radical (unpaired) electrons. The molecule has 0 aromatic heterocycles. The highest BCUT2D eigenvalue weighted by Crippen LogP contribution is 2.14. The molecule has 0 aliphatic carbocycles. The lowest BCUT2D eigenvalue weighted by atomic mass is 10.0. The van der Waals surface area contributed by atoms with E-state index in [2.05, 4.69) is 0 Å². The molecular weight excluding hydrogens is 310 g/mol. The molecule has 0 aromatic rings. The maximum Gasteiger partial charge on any atom is 0.303 e. The van der Waals surface area contributed by atoms with Crippen molar-refractivity contribution in [2.24, 2.45) is 5.73 Å². The molecule has 0 rings (SSSR count). The number of carbonyl (C=O) groups is 1. The van der Waals surface area contributed by atoms with Gasteiger partial charge >= 0.3 is 5.97 Å². The third kappa shape index (κ3) is 23.4. The van der Waals surface area contributed by atoms with E-state index in [-0.39, 0.29) is 0 Å². The number of carboxylic acid groups (broad SMARTS) is 1. The molecule has 25 heavy (non-hydrogen) atoms. The molecule has 0 amide bonds. The maximum absolute atomic E-state index is 10.4. The fraction of sp³-hybridized carbons (Fsp3) is 0.955. The van der Waals surface area contributed by atoms with Gasteiger partial charge in [-0.15, -0.1) is 0 Å². The van der Waals surface area contributed by atoms with E-state index < -0.39 is 5.97 Å². The number of rotatable bonds is 21. The van der Waals surface area contributed by atoms with Crippen LogP contribution in [-0.4, -0.2) is 17.6 Å². The summed E-state index contributed by atoms with van der Waals surface area (Å²) >= 11 is 0. The Bertz CT molecular complexity index is 269. The Morgan fingerprint density at radius 3 is 0.960 bits per heavy atom. The highest BCUT2D eigenvalue weighted by Gasteiger charge is 1.97.